The van der Waals surface area contributed by atoms with Crippen LogP contribution in [0.3, 0.4) is 0 Å². The van der Waals surface area contributed by atoms with Crippen LogP contribution in [0.25, 0.3) is 0 Å². The van der Waals surface area contributed by atoms with Gasteiger partial charge in [-0.1, -0.05) is 19.3 Å². The van der Waals surface area contributed by atoms with Crippen LogP contribution in [0.5, 0.6) is 0 Å². The molecule has 1 unspecified atom stereocenters. The van der Waals surface area contributed by atoms with Crippen molar-refractivity contribution in [3.05, 3.63) is 0 Å². The quantitative estimate of drug-likeness (QED) is 0.633. The number of carboxylic acids is 1. The van der Waals surface area contributed by atoms with E-state index >= 15 is 0 Å². The molecule has 86 valence electrons. The van der Waals surface area contributed by atoms with Gasteiger partial charge in [-0.25, -0.2) is 4.79 Å². The molecule has 3 N–H and O–H groups in total. The third kappa shape index (κ3) is 3.20. The van der Waals surface area contributed by atoms with Crippen LogP contribution in [0.2, 0.25) is 0 Å². The largest absolute Gasteiger partial charge is 0.480 e. The number of likely N-dealkylation sites (N-methyl/N-ethyl adjacent to an activating group) is 1. The van der Waals surface area contributed by atoms with E-state index in [1.165, 1.54) is 24.2 Å². The first-order chi connectivity index (χ1) is 7.02. The molecule has 1 atom stereocenters. The van der Waals surface area contributed by atoms with E-state index < -0.39 is 17.9 Å². The lowest BCUT2D eigenvalue weighted by atomic mass is 9.83. The number of amides is 1. The minimum Gasteiger partial charge on any atom is -0.480 e. The minimum absolute atomic E-state index is 0.512. The van der Waals surface area contributed by atoms with Crippen molar-refractivity contribution in [2.24, 2.45) is 11.7 Å². The summed E-state index contributed by atoms with van der Waals surface area (Å²) in [4.78, 5) is 23.3. The second-order valence-corrected chi connectivity index (χ2v) is 4.16. The Morgan fingerprint density at radius 2 is 2.13 bits per heavy atom. The van der Waals surface area contributed by atoms with Gasteiger partial charge >= 0.3 is 5.97 Å². The number of hydrogen-bond donors (Lipinski definition) is 2. The molecule has 1 aliphatic carbocycles. The lowest BCUT2D eigenvalue weighted by Gasteiger charge is -2.28. The molecule has 1 amide bonds. The van der Waals surface area contributed by atoms with Crippen LogP contribution < -0.4 is 5.73 Å². The lowest BCUT2D eigenvalue weighted by molar-refractivity contribution is -0.146. The highest BCUT2D eigenvalue weighted by Crippen LogP contribution is 2.29. The topological polar surface area (TPSA) is 83.6 Å². The Bertz CT molecular complexity index is 251. The summed E-state index contributed by atoms with van der Waals surface area (Å²) in [5.74, 6) is -1.07. The Morgan fingerprint density at radius 1 is 1.53 bits per heavy atom. The first kappa shape index (κ1) is 12.0. The monoisotopic (exact) mass is 214 g/mol. The number of hydrogen-bond acceptors (Lipinski definition) is 3. The van der Waals surface area contributed by atoms with Gasteiger partial charge in [0, 0.05) is 13.6 Å². The first-order valence-electron chi connectivity index (χ1n) is 5.25. The molecule has 0 saturated heterocycles. The van der Waals surface area contributed by atoms with Gasteiger partial charge in [0.05, 0.1) is 0 Å². The molecule has 15 heavy (non-hydrogen) atoms. The standard InChI is InChI=1S/C10H18N2O3/c1-12(6-5-7-3-2-4-7)9(13)8(11)10(14)15/h7-8H,2-6,11H2,1H3,(H,14,15). The molecule has 0 radical (unpaired) electrons. The van der Waals surface area contributed by atoms with Crippen molar-refractivity contribution in [1.29, 1.82) is 0 Å². The zero-order valence-electron chi connectivity index (χ0n) is 8.98. The van der Waals surface area contributed by atoms with Gasteiger partial charge in [0.25, 0.3) is 5.91 Å². The molecule has 0 spiro atoms. The van der Waals surface area contributed by atoms with Crippen LogP contribution in [0.15, 0.2) is 0 Å². The highest BCUT2D eigenvalue weighted by molar-refractivity contribution is 6.00. The fourth-order valence-electron chi connectivity index (χ4n) is 1.61. The van der Waals surface area contributed by atoms with Gasteiger partial charge in [-0.2, -0.15) is 0 Å². The second-order valence-electron chi connectivity index (χ2n) is 4.16. The fraction of sp³-hybridized carbons (Fsp3) is 0.800. The average molecular weight is 214 g/mol. The van der Waals surface area contributed by atoms with Crippen molar-refractivity contribution in [2.75, 3.05) is 13.6 Å². The second kappa shape index (κ2) is 5.11. The lowest BCUT2D eigenvalue weighted by Crippen LogP contribution is -2.47. The number of carbonyl (C=O) groups excluding carboxylic acids is 1. The maximum Gasteiger partial charge on any atom is 0.330 e. The SMILES string of the molecule is CN(CCC1CCC1)C(=O)C(N)C(=O)O. The van der Waals surface area contributed by atoms with Crippen molar-refractivity contribution in [3.8, 4) is 0 Å². The van der Waals surface area contributed by atoms with Crippen LogP contribution in [0.4, 0.5) is 0 Å². The van der Waals surface area contributed by atoms with Crippen LogP contribution in [-0.2, 0) is 9.59 Å². The molecular formula is C10H18N2O3. The average Bonchev–Trinajstić information content (AvgIpc) is 2.12. The first-order valence-corrected chi connectivity index (χ1v) is 5.25. The molecule has 0 aromatic heterocycles. The van der Waals surface area contributed by atoms with Crippen molar-refractivity contribution < 1.29 is 14.7 Å². The van der Waals surface area contributed by atoms with Gasteiger partial charge in [0.15, 0.2) is 6.04 Å². The molecule has 0 aromatic carbocycles. The summed E-state index contributed by atoms with van der Waals surface area (Å²) in [5, 5.41) is 8.56. The van der Waals surface area contributed by atoms with Gasteiger partial charge < -0.3 is 15.7 Å². The van der Waals surface area contributed by atoms with Gasteiger partial charge in [0.2, 0.25) is 0 Å². The van der Waals surface area contributed by atoms with Crippen LogP contribution >= 0.6 is 0 Å². The summed E-state index contributed by atoms with van der Waals surface area (Å²) in [5.41, 5.74) is 5.22. The number of aliphatic carboxylic acids is 1. The molecular weight excluding hydrogens is 196 g/mol. The highest BCUT2D eigenvalue weighted by Gasteiger charge is 2.25. The van der Waals surface area contributed by atoms with E-state index in [1.807, 2.05) is 0 Å². The summed E-state index contributed by atoms with van der Waals surface area (Å²) < 4.78 is 0. The molecule has 5 heteroatoms. The van der Waals surface area contributed by atoms with E-state index in [4.69, 9.17) is 10.8 Å². The Hall–Kier alpha value is -1.10. The fourth-order valence-corrected chi connectivity index (χ4v) is 1.61. The molecule has 1 saturated carbocycles. The smallest absolute Gasteiger partial charge is 0.330 e. The maximum absolute atomic E-state index is 11.4. The third-order valence-corrected chi connectivity index (χ3v) is 3.01. The van der Waals surface area contributed by atoms with Crippen LogP contribution in [0.1, 0.15) is 25.7 Å². The van der Waals surface area contributed by atoms with Crippen LogP contribution in [-0.4, -0.2) is 41.5 Å². The Morgan fingerprint density at radius 3 is 2.53 bits per heavy atom. The summed E-state index contributed by atoms with van der Waals surface area (Å²) in [6.45, 7) is 0.602. The van der Waals surface area contributed by atoms with E-state index in [0.29, 0.717) is 12.5 Å². The van der Waals surface area contributed by atoms with E-state index in [0.717, 1.165) is 6.42 Å². The number of nitrogens with two attached hydrogens (primary N) is 1. The molecule has 0 aliphatic heterocycles. The zero-order valence-corrected chi connectivity index (χ0v) is 8.98. The van der Waals surface area contributed by atoms with Gasteiger partial charge in [-0.3, -0.25) is 4.79 Å². The number of rotatable bonds is 5. The zero-order chi connectivity index (χ0) is 11.4. The maximum atomic E-state index is 11.4. The van der Waals surface area contributed by atoms with Gasteiger partial charge in [-0.05, 0) is 12.3 Å². The van der Waals surface area contributed by atoms with Crippen LogP contribution in [0, 0.1) is 5.92 Å². The van der Waals surface area contributed by atoms with E-state index in [2.05, 4.69) is 0 Å². The Labute approximate surface area is 89.2 Å². The summed E-state index contributed by atoms with van der Waals surface area (Å²) in [6, 6.07) is -1.42. The van der Waals surface area contributed by atoms with E-state index in [-0.39, 0.29) is 0 Å². The minimum atomic E-state index is -1.42. The number of carboxylic acid groups (broad SMARTS) is 1. The third-order valence-electron chi connectivity index (χ3n) is 3.01. The molecule has 1 aliphatic rings. The summed E-state index contributed by atoms with van der Waals surface area (Å²) >= 11 is 0. The molecule has 0 aromatic rings. The summed E-state index contributed by atoms with van der Waals surface area (Å²) in [7, 11) is 1.60. The van der Waals surface area contributed by atoms with Crippen molar-refractivity contribution in [3.63, 3.8) is 0 Å². The van der Waals surface area contributed by atoms with Gasteiger partial charge in [-0.15, -0.1) is 0 Å². The van der Waals surface area contributed by atoms with Crippen molar-refractivity contribution >= 4 is 11.9 Å². The van der Waals surface area contributed by atoms with Crippen molar-refractivity contribution in [1.82, 2.24) is 4.90 Å². The summed E-state index contributed by atoms with van der Waals surface area (Å²) in [6.07, 6.45) is 4.69. The predicted molar refractivity (Wildman–Crippen MR) is 55.2 cm³/mol. The van der Waals surface area contributed by atoms with Crippen molar-refractivity contribution in [2.45, 2.75) is 31.7 Å². The predicted octanol–water partition coefficient (Wildman–Crippen LogP) is 0.0469. The molecule has 0 bridgehead atoms. The molecule has 5 nitrogen and oxygen atoms in total. The molecule has 1 rings (SSSR count). The highest BCUT2D eigenvalue weighted by atomic mass is 16.4. The number of nitrogens with zero attached hydrogens (tertiary/aromatic N) is 1. The van der Waals surface area contributed by atoms with Gasteiger partial charge in [0.1, 0.15) is 0 Å². The van der Waals surface area contributed by atoms with E-state index in [9.17, 15) is 9.59 Å². The normalized spacial score (nSPS) is 18.0. The Balaban J connectivity index is 2.28. The number of carbonyl (C=O) groups is 2. The molecule has 0 heterocycles. The molecule has 1 fully saturated rings. The Kier molecular flexibility index (Phi) is 4.08. The van der Waals surface area contributed by atoms with E-state index in [1.54, 1.807) is 7.05 Å².